The first kappa shape index (κ1) is 27.3. The molecule has 1 N–H and O–H groups in total. The average Bonchev–Trinajstić information content (AvgIpc) is 3.43. The Morgan fingerprint density at radius 2 is 1.80 bits per heavy atom. The molecule has 2 heterocycles. The fraction of sp³-hybridized carbons (Fsp3) is 0.267. The van der Waals surface area contributed by atoms with E-state index >= 15 is 4.39 Å². The molecule has 0 bridgehead atoms. The molecule has 0 saturated carbocycles. The minimum absolute atomic E-state index is 0.0155. The summed E-state index contributed by atoms with van der Waals surface area (Å²) in [4.78, 5) is 33.1. The number of hydrogen-bond acceptors (Lipinski definition) is 6. The molecule has 1 saturated heterocycles. The number of aryl methyl sites for hydroxylation is 1. The standard InChI is InChI=1S/C30H28ClFN4O4/c1-19-5-8-21(9-6-19)29-33-28(34-40-29)25-10-7-20(16-26(25)32)15-22(30(38)39)17-27(37)36-13-11-35(12-14-36)24-4-2-3-23(31)18-24/h2-10,16,18,22H,11-15,17H2,1H3,(H,38,39). The number of aliphatic carboxylic acids is 1. The third-order valence-corrected chi connectivity index (χ3v) is 7.29. The van der Waals surface area contributed by atoms with Gasteiger partial charge >= 0.3 is 5.97 Å². The Bertz CT molecular complexity index is 1520. The molecule has 0 aliphatic carbocycles. The summed E-state index contributed by atoms with van der Waals surface area (Å²) in [6, 6.07) is 19.5. The third kappa shape index (κ3) is 6.31. The summed E-state index contributed by atoms with van der Waals surface area (Å²) in [5, 5.41) is 14.4. The van der Waals surface area contributed by atoms with Crippen LogP contribution in [0.3, 0.4) is 0 Å². The van der Waals surface area contributed by atoms with Gasteiger partial charge < -0.3 is 19.4 Å². The van der Waals surface area contributed by atoms with E-state index in [2.05, 4.69) is 15.0 Å². The van der Waals surface area contributed by atoms with Crippen molar-refractivity contribution in [1.29, 1.82) is 0 Å². The summed E-state index contributed by atoms with van der Waals surface area (Å²) in [6.45, 7) is 4.18. The number of piperazine rings is 1. The van der Waals surface area contributed by atoms with Gasteiger partial charge in [-0.3, -0.25) is 9.59 Å². The highest BCUT2D eigenvalue weighted by molar-refractivity contribution is 6.30. The zero-order valence-electron chi connectivity index (χ0n) is 21.9. The van der Waals surface area contributed by atoms with Crippen LogP contribution in [0.15, 0.2) is 71.3 Å². The summed E-state index contributed by atoms with van der Waals surface area (Å²) in [6.07, 6.45) is -0.151. The van der Waals surface area contributed by atoms with Gasteiger partial charge in [-0.05, 0) is 61.4 Å². The molecule has 40 heavy (non-hydrogen) atoms. The van der Waals surface area contributed by atoms with E-state index in [-0.39, 0.29) is 36.0 Å². The van der Waals surface area contributed by atoms with Gasteiger partial charge in [-0.1, -0.05) is 46.6 Å². The lowest BCUT2D eigenvalue weighted by Crippen LogP contribution is -2.49. The Hall–Kier alpha value is -4.24. The van der Waals surface area contributed by atoms with Crippen LogP contribution in [0.25, 0.3) is 22.8 Å². The molecule has 1 unspecified atom stereocenters. The molecule has 10 heteroatoms. The maximum Gasteiger partial charge on any atom is 0.307 e. The number of hydrogen-bond donors (Lipinski definition) is 1. The van der Waals surface area contributed by atoms with Crippen molar-refractivity contribution in [3.8, 4) is 22.8 Å². The number of halogens is 2. The zero-order chi connectivity index (χ0) is 28.2. The van der Waals surface area contributed by atoms with Crippen molar-refractivity contribution >= 4 is 29.2 Å². The summed E-state index contributed by atoms with van der Waals surface area (Å²) in [7, 11) is 0. The van der Waals surface area contributed by atoms with Crippen LogP contribution in [-0.4, -0.2) is 58.2 Å². The normalized spacial score (nSPS) is 14.3. The first-order valence-electron chi connectivity index (χ1n) is 13.0. The van der Waals surface area contributed by atoms with Crippen molar-refractivity contribution in [2.45, 2.75) is 19.8 Å². The van der Waals surface area contributed by atoms with Gasteiger partial charge in [-0.2, -0.15) is 4.98 Å². The highest BCUT2D eigenvalue weighted by Crippen LogP contribution is 2.27. The maximum absolute atomic E-state index is 15.0. The molecule has 1 fully saturated rings. The quantitative estimate of drug-likeness (QED) is 0.303. The Labute approximate surface area is 236 Å². The predicted octanol–water partition coefficient (Wildman–Crippen LogP) is 5.49. The largest absolute Gasteiger partial charge is 0.481 e. The number of nitrogens with zero attached hydrogens (tertiary/aromatic N) is 4. The van der Waals surface area contributed by atoms with Gasteiger partial charge in [0.05, 0.1) is 11.5 Å². The van der Waals surface area contributed by atoms with Crippen LogP contribution in [0.2, 0.25) is 5.02 Å². The van der Waals surface area contributed by atoms with Crippen LogP contribution >= 0.6 is 11.6 Å². The Morgan fingerprint density at radius 1 is 1.05 bits per heavy atom. The molecule has 3 aromatic carbocycles. The van der Waals surface area contributed by atoms with Crippen LogP contribution in [0.1, 0.15) is 17.5 Å². The van der Waals surface area contributed by atoms with Crippen molar-refractivity contribution in [3.63, 3.8) is 0 Å². The van der Waals surface area contributed by atoms with Gasteiger partial charge in [-0.25, -0.2) is 4.39 Å². The second kappa shape index (κ2) is 11.9. The number of carboxylic acid groups (broad SMARTS) is 1. The van der Waals surface area contributed by atoms with E-state index in [9.17, 15) is 14.7 Å². The molecular weight excluding hydrogens is 535 g/mol. The van der Waals surface area contributed by atoms with Crippen molar-refractivity contribution < 1.29 is 23.6 Å². The molecule has 5 rings (SSSR count). The number of carboxylic acids is 1. The summed E-state index contributed by atoms with van der Waals surface area (Å²) >= 11 is 6.09. The fourth-order valence-corrected chi connectivity index (χ4v) is 4.96. The molecule has 1 aliphatic heterocycles. The minimum Gasteiger partial charge on any atom is -0.481 e. The van der Waals surface area contributed by atoms with Gasteiger partial charge in [0.1, 0.15) is 5.82 Å². The zero-order valence-corrected chi connectivity index (χ0v) is 22.6. The fourth-order valence-electron chi connectivity index (χ4n) is 4.77. The summed E-state index contributed by atoms with van der Waals surface area (Å²) < 4.78 is 20.4. The highest BCUT2D eigenvalue weighted by atomic mass is 35.5. The van der Waals surface area contributed by atoms with Crippen LogP contribution in [0.5, 0.6) is 0 Å². The van der Waals surface area contributed by atoms with E-state index < -0.39 is 17.7 Å². The molecule has 1 aliphatic rings. The molecule has 1 aromatic heterocycles. The number of benzene rings is 3. The van der Waals surface area contributed by atoms with Crippen LogP contribution in [0.4, 0.5) is 10.1 Å². The molecular formula is C30H28ClFN4O4. The molecule has 206 valence electrons. The van der Waals surface area contributed by atoms with E-state index in [4.69, 9.17) is 16.1 Å². The Morgan fingerprint density at radius 3 is 2.48 bits per heavy atom. The van der Waals surface area contributed by atoms with Gasteiger partial charge in [-0.15, -0.1) is 0 Å². The molecule has 8 nitrogen and oxygen atoms in total. The predicted molar refractivity (Wildman–Crippen MR) is 150 cm³/mol. The lowest BCUT2D eigenvalue weighted by molar-refractivity contribution is -0.146. The lowest BCUT2D eigenvalue weighted by Gasteiger charge is -2.36. The molecule has 0 spiro atoms. The Balaban J connectivity index is 1.21. The molecule has 0 radical (unpaired) electrons. The second-order valence-electron chi connectivity index (χ2n) is 9.89. The minimum atomic E-state index is -1.10. The van der Waals surface area contributed by atoms with Crippen molar-refractivity contribution in [1.82, 2.24) is 15.0 Å². The first-order chi connectivity index (χ1) is 19.3. The molecule has 1 amide bonds. The first-order valence-corrected chi connectivity index (χ1v) is 13.4. The average molecular weight is 563 g/mol. The van der Waals surface area contributed by atoms with Gasteiger partial charge in [0.15, 0.2) is 0 Å². The van der Waals surface area contributed by atoms with Crippen LogP contribution in [-0.2, 0) is 16.0 Å². The van der Waals surface area contributed by atoms with Crippen molar-refractivity contribution in [3.05, 3.63) is 88.7 Å². The SMILES string of the molecule is Cc1ccc(-c2nc(-c3ccc(CC(CC(=O)N4CCN(c5cccc(Cl)c5)CC4)C(=O)O)cc3F)no2)cc1. The van der Waals surface area contributed by atoms with Crippen LogP contribution < -0.4 is 4.90 Å². The lowest BCUT2D eigenvalue weighted by atomic mass is 9.94. The summed E-state index contributed by atoms with van der Waals surface area (Å²) in [5.41, 5.74) is 3.41. The monoisotopic (exact) mass is 562 g/mol. The smallest absolute Gasteiger partial charge is 0.307 e. The number of rotatable bonds is 8. The Kier molecular flexibility index (Phi) is 8.11. The summed E-state index contributed by atoms with van der Waals surface area (Å²) in [5.74, 6) is -2.54. The van der Waals surface area contributed by atoms with Crippen molar-refractivity contribution in [2.24, 2.45) is 5.92 Å². The number of amides is 1. The maximum atomic E-state index is 15.0. The number of carbonyl (C=O) groups is 2. The molecule has 1 atom stereocenters. The van der Waals surface area contributed by atoms with E-state index in [1.165, 1.54) is 12.1 Å². The van der Waals surface area contributed by atoms with Gasteiger partial charge in [0.25, 0.3) is 5.89 Å². The van der Waals surface area contributed by atoms with Gasteiger partial charge in [0, 0.05) is 48.9 Å². The number of aromatic nitrogens is 2. The van der Waals surface area contributed by atoms with Gasteiger partial charge in [0.2, 0.25) is 11.7 Å². The van der Waals surface area contributed by atoms with E-state index in [0.29, 0.717) is 36.8 Å². The number of anilines is 1. The van der Waals surface area contributed by atoms with E-state index in [1.54, 1.807) is 11.0 Å². The topological polar surface area (TPSA) is 99.8 Å². The van der Waals surface area contributed by atoms with Crippen molar-refractivity contribution in [2.75, 3.05) is 31.1 Å². The second-order valence-corrected chi connectivity index (χ2v) is 10.3. The molecule has 4 aromatic rings. The van der Waals surface area contributed by atoms with Crippen LogP contribution in [0, 0.1) is 18.7 Å². The highest BCUT2D eigenvalue weighted by Gasteiger charge is 2.28. The van der Waals surface area contributed by atoms with E-state index in [1.807, 2.05) is 55.5 Å². The van der Waals surface area contributed by atoms with E-state index in [0.717, 1.165) is 16.8 Å². The third-order valence-electron chi connectivity index (χ3n) is 7.06. The number of carbonyl (C=O) groups excluding carboxylic acids is 1.